The van der Waals surface area contributed by atoms with Crippen molar-refractivity contribution in [3.8, 4) is 5.75 Å². The molecule has 0 fully saturated rings. The molecule has 0 radical (unpaired) electrons. The van der Waals surface area contributed by atoms with Gasteiger partial charge in [-0.05, 0) is 48.2 Å². The molecule has 0 aliphatic rings. The molecular formula is C22H21N3OS. The monoisotopic (exact) mass is 375 g/mol. The lowest BCUT2D eigenvalue weighted by Gasteiger charge is -2.05. The van der Waals surface area contributed by atoms with Gasteiger partial charge in [-0.1, -0.05) is 42.1 Å². The Morgan fingerprint density at radius 2 is 1.85 bits per heavy atom. The van der Waals surface area contributed by atoms with E-state index in [1.807, 2.05) is 30.6 Å². The average Bonchev–Trinajstić information content (AvgIpc) is 3.19. The predicted octanol–water partition coefficient (Wildman–Crippen LogP) is 5.04. The van der Waals surface area contributed by atoms with Gasteiger partial charge in [-0.25, -0.2) is 4.98 Å². The first-order chi connectivity index (χ1) is 13.3. The van der Waals surface area contributed by atoms with E-state index in [1.165, 1.54) is 16.5 Å². The molecule has 0 spiro atoms. The minimum Gasteiger partial charge on any atom is -0.497 e. The SMILES string of the molecule is COc1ccc(CSc2ncc(CCc3cccc4ncccc34)[nH]2)cc1. The molecule has 136 valence electrons. The number of hydrogen-bond donors (Lipinski definition) is 1. The van der Waals surface area contributed by atoms with E-state index in [-0.39, 0.29) is 0 Å². The summed E-state index contributed by atoms with van der Waals surface area (Å²) in [6, 6.07) is 18.6. The Balaban J connectivity index is 1.36. The van der Waals surface area contributed by atoms with Gasteiger partial charge in [-0.2, -0.15) is 0 Å². The maximum absolute atomic E-state index is 5.20. The highest BCUT2D eigenvalue weighted by molar-refractivity contribution is 7.98. The van der Waals surface area contributed by atoms with Gasteiger partial charge in [0, 0.05) is 29.2 Å². The molecule has 4 nitrogen and oxygen atoms in total. The van der Waals surface area contributed by atoms with Crippen molar-refractivity contribution in [2.45, 2.75) is 23.8 Å². The van der Waals surface area contributed by atoms with Crippen molar-refractivity contribution < 1.29 is 4.74 Å². The van der Waals surface area contributed by atoms with Crippen molar-refractivity contribution in [3.63, 3.8) is 0 Å². The quantitative estimate of drug-likeness (QED) is 0.460. The van der Waals surface area contributed by atoms with E-state index in [0.717, 1.165) is 40.7 Å². The van der Waals surface area contributed by atoms with Crippen molar-refractivity contribution in [3.05, 3.63) is 83.8 Å². The standard InChI is InChI=1S/C22H21N3OS/c1-26-19-11-7-16(8-12-19)15-27-22-24-14-18(25-22)10-9-17-4-2-6-21-20(17)5-3-13-23-21/h2-8,11-14H,9-10,15H2,1H3,(H,24,25). The van der Waals surface area contributed by atoms with Crippen molar-refractivity contribution in [1.29, 1.82) is 0 Å². The van der Waals surface area contributed by atoms with E-state index in [2.05, 4.69) is 51.4 Å². The third-order valence-electron chi connectivity index (χ3n) is 4.54. The van der Waals surface area contributed by atoms with Crippen LogP contribution in [0.3, 0.4) is 0 Å². The number of H-pyrrole nitrogens is 1. The molecule has 0 bridgehead atoms. The Morgan fingerprint density at radius 1 is 0.963 bits per heavy atom. The Morgan fingerprint density at radius 3 is 2.70 bits per heavy atom. The largest absolute Gasteiger partial charge is 0.497 e. The van der Waals surface area contributed by atoms with Crippen LogP contribution in [0.25, 0.3) is 10.9 Å². The number of imidazole rings is 1. The van der Waals surface area contributed by atoms with E-state index in [0.29, 0.717) is 0 Å². The molecule has 2 aromatic heterocycles. The predicted molar refractivity (Wildman–Crippen MR) is 110 cm³/mol. The third kappa shape index (κ3) is 4.31. The summed E-state index contributed by atoms with van der Waals surface area (Å²) in [6.07, 6.45) is 5.69. The number of aromatic amines is 1. The maximum atomic E-state index is 5.20. The Kier molecular flexibility index (Phi) is 5.39. The first kappa shape index (κ1) is 17.6. The number of aromatic nitrogens is 3. The second kappa shape index (κ2) is 8.27. The number of ether oxygens (including phenoxy) is 1. The zero-order valence-electron chi connectivity index (χ0n) is 15.2. The van der Waals surface area contributed by atoms with Crippen LogP contribution >= 0.6 is 11.8 Å². The van der Waals surface area contributed by atoms with Crippen LogP contribution in [0.4, 0.5) is 0 Å². The first-order valence-corrected chi connectivity index (χ1v) is 9.92. The number of thioether (sulfide) groups is 1. The number of methoxy groups -OCH3 is 1. The Labute approximate surface area is 163 Å². The molecule has 4 aromatic rings. The lowest BCUT2D eigenvalue weighted by Crippen LogP contribution is -1.93. The molecule has 27 heavy (non-hydrogen) atoms. The number of nitrogens with zero attached hydrogens (tertiary/aromatic N) is 2. The van der Waals surface area contributed by atoms with Gasteiger partial charge in [0.15, 0.2) is 5.16 Å². The third-order valence-corrected chi connectivity index (χ3v) is 5.50. The Bertz CT molecular complexity index is 1020. The van der Waals surface area contributed by atoms with Crippen molar-refractivity contribution >= 4 is 22.7 Å². The van der Waals surface area contributed by atoms with Gasteiger partial charge in [0.1, 0.15) is 5.75 Å². The second-order valence-electron chi connectivity index (χ2n) is 6.34. The van der Waals surface area contributed by atoms with Gasteiger partial charge in [0.2, 0.25) is 0 Å². The molecule has 0 saturated heterocycles. The molecular weight excluding hydrogens is 354 g/mol. The normalized spacial score (nSPS) is 11.0. The highest BCUT2D eigenvalue weighted by Crippen LogP contribution is 2.23. The second-order valence-corrected chi connectivity index (χ2v) is 7.30. The van der Waals surface area contributed by atoms with Crippen molar-refractivity contribution in [2.75, 3.05) is 7.11 Å². The highest BCUT2D eigenvalue weighted by Gasteiger charge is 2.05. The number of benzene rings is 2. The number of pyridine rings is 1. The summed E-state index contributed by atoms with van der Waals surface area (Å²) < 4.78 is 5.20. The number of nitrogens with one attached hydrogen (secondary N) is 1. The summed E-state index contributed by atoms with van der Waals surface area (Å²) in [5, 5.41) is 2.19. The van der Waals surface area contributed by atoms with Crippen LogP contribution in [0.2, 0.25) is 0 Å². The fourth-order valence-electron chi connectivity index (χ4n) is 3.07. The zero-order valence-corrected chi connectivity index (χ0v) is 16.0. The molecule has 1 N–H and O–H groups in total. The van der Waals surface area contributed by atoms with Gasteiger partial charge in [-0.15, -0.1) is 0 Å². The molecule has 4 rings (SSSR count). The first-order valence-electron chi connectivity index (χ1n) is 8.94. The van der Waals surface area contributed by atoms with Gasteiger partial charge >= 0.3 is 0 Å². The van der Waals surface area contributed by atoms with E-state index in [4.69, 9.17) is 4.74 Å². The average molecular weight is 375 g/mol. The van der Waals surface area contributed by atoms with Crippen LogP contribution in [-0.4, -0.2) is 22.1 Å². The van der Waals surface area contributed by atoms with Crippen LogP contribution in [-0.2, 0) is 18.6 Å². The molecule has 2 heterocycles. The van der Waals surface area contributed by atoms with Crippen LogP contribution in [0.1, 0.15) is 16.8 Å². The lowest BCUT2D eigenvalue weighted by atomic mass is 10.0. The molecule has 0 saturated carbocycles. The number of rotatable bonds is 7. The maximum Gasteiger partial charge on any atom is 0.165 e. The summed E-state index contributed by atoms with van der Waals surface area (Å²) in [5.41, 5.74) is 4.79. The number of hydrogen-bond acceptors (Lipinski definition) is 4. The molecule has 0 unspecified atom stereocenters. The molecule has 0 aliphatic heterocycles. The summed E-state index contributed by atoms with van der Waals surface area (Å²) in [4.78, 5) is 12.4. The van der Waals surface area contributed by atoms with E-state index < -0.39 is 0 Å². The summed E-state index contributed by atoms with van der Waals surface area (Å²) in [5.74, 6) is 1.76. The van der Waals surface area contributed by atoms with Gasteiger partial charge in [-0.3, -0.25) is 4.98 Å². The van der Waals surface area contributed by atoms with E-state index >= 15 is 0 Å². The molecule has 5 heteroatoms. The van der Waals surface area contributed by atoms with Crippen LogP contribution < -0.4 is 4.74 Å². The van der Waals surface area contributed by atoms with Crippen molar-refractivity contribution in [2.24, 2.45) is 0 Å². The fraction of sp³-hybridized carbons (Fsp3) is 0.182. The van der Waals surface area contributed by atoms with E-state index in [1.54, 1.807) is 18.9 Å². The summed E-state index contributed by atoms with van der Waals surface area (Å²) >= 11 is 1.71. The zero-order chi connectivity index (χ0) is 18.5. The molecule has 0 aliphatic carbocycles. The van der Waals surface area contributed by atoms with E-state index in [9.17, 15) is 0 Å². The van der Waals surface area contributed by atoms with Crippen LogP contribution in [0, 0.1) is 0 Å². The van der Waals surface area contributed by atoms with Gasteiger partial charge in [0.05, 0.1) is 12.6 Å². The lowest BCUT2D eigenvalue weighted by molar-refractivity contribution is 0.414. The van der Waals surface area contributed by atoms with Crippen LogP contribution in [0.15, 0.2) is 72.1 Å². The summed E-state index contributed by atoms with van der Waals surface area (Å²) in [6.45, 7) is 0. The highest BCUT2D eigenvalue weighted by atomic mass is 32.2. The fourth-order valence-corrected chi connectivity index (χ4v) is 3.89. The van der Waals surface area contributed by atoms with Gasteiger partial charge in [0.25, 0.3) is 0 Å². The van der Waals surface area contributed by atoms with Crippen LogP contribution in [0.5, 0.6) is 5.75 Å². The Hall–Kier alpha value is -2.79. The van der Waals surface area contributed by atoms with Crippen molar-refractivity contribution in [1.82, 2.24) is 15.0 Å². The minimum atomic E-state index is 0.881. The number of aryl methyl sites for hydroxylation is 2. The van der Waals surface area contributed by atoms with Gasteiger partial charge < -0.3 is 9.72 Å². The minimum absolute atomic E-state index is 0.881. The smallest absolute Gasteiger partial charge is 0.165 e. The number of fused-ring (bicyclic) bond motifs is 1. The molecule has 0 amide bonds. The molecule has 0 atom stereocenters. The summed E-state index contributed by atoms with van der Waals surface area (Å²) in [7, 11) is 1.68. The molecule has 2 aromatic carbocycles. The topological polar surface area (TPSA) is 50.8 Å².